The molecule has 0 bridgehead atoms. The van der Waals surface area contributed by atoms with Gasteiger partial charge in [-0.05, 0) is 51.9 Å². The number of carbonyl (C=O) groups is 1. The Kier molecular flexibility index (Phi) is 6.33. The van der Waals surface area contributed by atoms with E-state index >= 15 is 0 Å². The molecule has 2 aliphatic heterocycles. The first kappa shape index (κ1) is 22.7. The molecule has 0 aromatic rings. The number of rotatable bonds is 2. The van der Waals surface area contributed by atoms with E-state index in [2.05, 4.69) is 70.7 Å². The maximum Gasteiger partial charge on any atom is 0.490 e. The SMILES string of the molecule is C.CC(C)(C)CC(=O)N1CCC(B2OC(C)(C)C(C)(C)O2)=C[C@@]1(C)P. The summed E-state index contributed by atoms with van der Waals surface area (Å²) in [5.74, 6) is 0.198. The lowest BCUT2D eigenvalue weighted by Crippen LogP contribution is -2.49. The molecule has 1 saturated heterocycles. The fourth-order valence-corrected chi connectivity index (χ4v) is 3.62. The van der Waals surface area contributed by atoms with Crippen LogP contribution in [0.2, 0.25) is 0 Å². The van der Waals surface area contributed by atoms with Gasteiger partial charge in [0.15, 0.2) is 0 Å². The van der Waals surface area contributed by atoms with Crippen LogP contribution < -0.4 is 0 Å². The number of hydrogen-bond donors (Lipinski definition) is 0. The maximum atomic E-state index is 12.7. The van der Waals surface area contributed by atoms with Crippen LogP contribution in [0, 0.1) is 5.41 Å². The van der Waals surface area contributed by atoms with Crippen molar-refractivity contribution in [2.75, 3.05) is 6.54 Å². The maximum absolute atomic E-state index is 12.7. The molecule has 2 rings (SSSR count). The molecule has 0 spiro atoms. The molecule has 6 heteroatoms. The van der Waals surface area contributed by atoms with Gasteiger partial charge in [0, 0.05) is 13.0 Å². The molecule has 2 heterocycles. The van der Waals surface area contributed by atoms with Crippen molar-refractivity contribution in [3.63, 3.8) is 0 Å². The molecule has 0 aromatic heterocycles. The van der Waals surface area contributed by atoms with Crippen molar-refractivity contribution in [3.8, 4) is 0 Å². The minimum Gasteiger partial charge on any atom is -0.400 e. The van der Waals surface area contributed by atoms with Crippen molar-refractivity contribution in [2.45, 2.75) is 92.1 Å². The third-order valence-electron chi connectivity index (χ3n) is 5.22. The first-order valence-electron chi connectivity index (χ1n) is 8.81. The number of carbonyl (C=O) groups excluding carboxylic acids is 1. The second-order valence-corrected chi connectivity index (χ2v) is 10.7. The Bertz CT molecular complexity index is 533. The molecule has 1 unspecified atom stereocenters. The minimum atomic E-state index is -0.403. The predicted octanol–water partition coefficient (Wildman–Crippen LogP) is 4.44. The second kappa shape index (κ2) is 6.98. The van der Waals surface area contributed by atoms with Gasteiger partial charge in [-0.25, -0.2) is 0 Å². The van der Waals surface area contributed by atoms with Gasteiger partial charge in [-0.2, -0.15) is 0 Å². The molecule has 0 aliphatic carbocycles. The van der Waals surface area contributed by atoms with E-state index in [9.17, 15) is 4.79 Å². The zero-order chi connectivity index (χ0) is 18.6. The number of hydrogen-bond acceptors (Lipinski definition) is 3. The molecule has 25 heavy (non-hydrogen) atoms. The van der Waals surface area contributed by atoms with E-state index in [0.717, 1.165) is 11.9 Å². The topological polar surface area (TPSA) is 38.8 Å². The van der Waals surface area contributed by atoms with E-state index in [1.54, 1.807) is 0 Å². The molecular formula is C19H37BNO3P. The highest BCUT2D eigenvalue weighted by Crippen LogP contribution is 2.42. The van der Waals surface area contributed by atoms with Gasteiger partial charge in [0.2, 0.25) is 5.91 Å². The lowest BCUT2D eigenvalue weighted by atomic mass is 9.73. The standard InChI is InChI=1S/C18H33BNO3P.CH4/c1-15(2,3)12-14(21)20-10-9-13(11-18(20,8)24)19-22-16(4,5)17(6,7)23-19;/h11H,9-10,12,24H2,1-8H3;1H4/t18-;/m1./s1. The highest BCUT2D eigenvalue weighted by molar-refractivity contribution is 7.19. The Morgan fingerprint density at radius 3 is 2.08 bits per heavy atom. The molecule has 0 aromatic carbocycles. The molecule has 144 valence electrons. The summed E-state index contributed by atoms with van der Waals surface area (Å²) in [5.41, 5.74) is 0.447. The molecule has 1 amide bonds. The zero-order valence-electron chi connectivity index (χ0n) is 16.5. The zero-order valence-corrected chi connectivity index (χ0v) is 17.7. The quantitative estimate of drug-likeness (QED) is 0.534. The lowest BCUT2D eigenvalue weighted by Gasteiger charge is -2.42. The van der Waals surface area contributed by atoms with Gasteiger partial charge in [0.05, 0.1) is 16.5 Å². The minimum absolute atomic E-state index is 0. The van der Waals surface area contributed by atoms with Crippen molar-refractivity contribution in [1.29, 1.82) is 0 Å². The fraction of sp³-hybridized carbons (Fsp3) is 0.842. The van der Waals surface area contributed by atoms with Gasteiger partial charge in [0.25, 0.3) is 0 Å². The largest absolute Gasteiger partial charge is 0.490 e. The van der Waals surface area contributed by atoms with Gasteiger partial charge in [-0.3, -0.25) is 4.79 Å². The lowest BCUT2D eigenvalue weighted by molar-refractivity contribution is -0.135. The van der Waals surface area contributed by atoms with Crippen molar-refractivity contribution < 1.29 is 14.1 Å². The Labute approximate surface area is 157 Å². The van der Waals surface area contributed by atoms with Gasteiger partial charge in [-0.15, -0.1) is 9.24 Å². The summed E-state index contributed by atoms with van der Waals surface area (Å²) in [7, 11) is 2.50. The first-order valence-corrected chi connectivity index (χ1v) is 9.39. The molecular weight excluding hydrogens is 332 g/mol. The Hall–Kier alpha value is -0.375. The van der Waals surface area contributed by atoms with Crippen LogP contribution in [-0.4, -0.2) is 41.0 Å². The third-order valence-corrected chi connectivity index (χ3v) is 5.70. The average Bonchev–Trinajstić information content (AvgIpc) is 2.54. The monoisotopic (exact) mass is 369 g/mol. The fourth-order valence-electron chi connectivity index (χ4n) is 3.13. The highest BCUT2D eigenvalue weighted by atomic mass is 31.0. The number of amides is 1. The summed E-state index contributed by atoms with van der Waals surface area (Å²) in [6.45, 7) is 17.3. The Morgan fingerprint density at radius 1 is 1.20 bits per heavy atom. The molecule has 4 nitrogen and oxygen atoms in total. The van der Waals surface area contributed by atoms with Crippen molar-refractivity contribution in [1.82, 2.24) is 4.90 Å². The summed E-state index contributed by atoms with van der Waals surface area (Å²) in [6, 6.07) is 0. The first-order chi connectivity index (χ1) is 10.6. The Balaban J connectivity index is 0.00000312. The second-order valence-electron chi connectivity index (χ2n) is 9.57. The average molecular weight is 369 g/mol. The van der Waals surface area contributed by atoms with Gasteiger partial charge >= 0.3 is 7.12 Å². The van der Waals surface area contributed by atoms with E-state index in [1.807, 2.05) is 4.90 Å². The van der Waals surface area contributed by atoms with E-state index in [1.165, 1.54) is 0 Å². The van der Waals surface area contributed by atoms with Gasteiger partial charge in [0.1, 0.15) is 0 Å². The summed E-state index contributed by atoms with van der Waals surface area (Å²) in [5, 5.41) is -0.403. The van der Waals surface area contributed by atoms with Crippen molar-refractivity contribution in [2.24, 2.45) is 5.41 Å². The molecule has 2 aliphatic rings. The van der Waals surface area contributed by atoms with Crippen molar-refractivity contribution in [3.05, 3.63) is 11.5 Å². The summed E-state index contributed by atoms with van der Waals surface area (Å²) < 4.78 is 12.3. The van der Waals surface area contributed by atoms with Crippen LogP contribution >= 0.6 is 9.24 Å². The van der Waals surface area contributed by atoms with Crippen LogP contribution in [0.25, 0.3) is 0 Å². The molecule has 1 fully saturated rings. The van der Waals surface area contributed by atoms with Crippen LogP contribution in [-0.2, 0) is 14.1 Å². The Morgan fingerprint density at radius 2 is 1.68 bits per heavy atom. The summed E-state index contributed by atoms with van der Waals surface area (Å²) in [4.78, 5) is 14.6. The van der Waals surface area contributed by atoms with Crippen LogP contribution in [0.5, 0.6) is 0 Å². The molecule has 0 saturated carbocycles. The predicted molar refractivity (Wildman–Crippen MR) is 109 cm³/mol. The van der Waals surface area contributed by atoms with Gasteiger partial charge in [-0.1, -0.05) is 34.3 Å². The molecule has 2 atom stereocenters. The van der Waals surface area contributed by atoms with Crippen LogP contribution in [0.1, 0.15) is 75.7 Å². The van der Waals surface area contributed by atoms with Crippen LogP contribution in [0.4, 0.5) is 0 Å². The molecule has 0 radical (unpaired) electrons. The van der Waals surface area contributed by atoms with Gasteiger partial charge < -0.3 is 14.2 Å². The summed E-state index contributed by atoms with van der Waals surface area (Å²) in [6.07, 6.45) is 3.47. The number of nitrogens with zero attached hydrogens (tertiary/aromatic N) is 1. The third kappa shape index (κ3) is 4.87. The molecule has 0 N–H and O–H groups in total. The summed E-state index contributed by atoms with van der Waals surface area (Å²) >= 11 is 0. The smallest absolute Gasteiger partial charge is 0.400 e. The normalized spacial score (nSPS) is 28.4. The van der Waals surface area contributed by atoms with E-state index in [-0.39, 0.29) is 37.1 Å². The van der Waals surface area contributed by atoms with Crippen molar-refractivity contribution >= 4 is 22.3 Å². The van der Waals surface area contributed by atoms with E-state index < -0.39 is 5.28 Å². The highest BCUT2D eigenvalue weighted by Gasteiger charge is 2.53. The van der Waals surface area contributed by atoms with Crippen LogP contribution in [0.3, 0.4) is 0 Å². The van der Waals surface area contributed by atoms with E-state index in [0.29, 0.717) is 13.0 Å². The van der Waals surface area contributed by atoms with E-state index in [4.69, 9.17) is 9.31 Å². The van der Waals surface area contributed by atoms with Crippen LogP contribution in [0.15, 0.2) is 11.5 Å².